The van der Waals surface area contributed by atoms with Gasteiger partial charge < -0.3 is 9.47 Å². The summed E-state index contributed by atoms with van der Waals surface area (Å²) in [5.41, 5.74) is 0. The molecule has 5 nitrogen and oxygen atoms in total. The molecular weight excluding hydrogens is 242 g/mol. The molecule has 0 bridgehead atoms. The Kier molecular flexibility index (Phi) is 4.41. The number of hydrogen-bond donors (Lipinski definition) is 0. The van der Waals surface area contributed by atoms with E-state index in [1.165, 1.54) is 12.7 Å². The van der Waals surface area contributed by atoms with E-state index < -0.39 is 9.84 Å². The van der Waals surface area contributed by atoms with Gasteiger partial charge in [0.25, 0.3) is 0 Å². The van der Waals surface area contributed by atoms with Gasteiger partial charge in [0, 0.05) is 12.8 Å². The first-order valence-corrected chi connectivity index (χ1v) is 8.27. The highest BCUT2D eigenvalue weighted by atomic mass is 32.2. The fourth-order valence-electron chi connectivity index (χ4n) is 2.48. The van der Waals surface area contributed by atoms with Gasteiger partial charge in [-0.2, -0.15) is 0 Å². The van der Waals surface area contributed by atoms with Gasteiger partial charge in [0.2, 0.25) is 0 Å². The summed E-state index contributed by atoms with van der Waals surface area (Å²) in [4.78, 5) is 2.21. The average molecular weight is 263 g/mol. The Bertz CT molecular complexity index is 337. The van der Waals surface area contributed by atoms with Crippen LogP contribution in [0.4, 0.5) is 0 Å². The molecule has 0 N–H and O–H groups in total. The molecular formula is C11H21NO4S. The second-order valence-corrected chi connectivity index (χ2v) is 7.10. The van der Waals surface area contributed by atoms with E-state index in [4.69, 9.17) is 9.47 Å². The van der Waals surface area contributed by atoms with Gasteiger partial charge in [-0.25, -0.2) is 8.42 Å². The van der Waals surface area contributed by atoms with Crippen molar-refractivity contribution in [1.29, 1.82) is 0 Å². The molecule has 0 radical (unpaired) electrons. The monoisotopic (exact) mass is 263 g/mol. The zero-order chi connectivity index (χ0) is 12.3. The summed E-state index contributed by atoms with van der Waals surface area (Å²) in [5, 5.41) is 0. The quantitative estimate of drug-likeness (QED) is 0.728. The second kappa shape index (κ2) is 5.65. The minimum atomic E-state index is -2.89. The molecule has 2 fully saturated rings. The van der Waals surface area contributed by atoms with Crippen LogP contribution >= 0.6 is 0 Å². The summed E-state index contributed by atoms with van der Waals surface area (Å²) in [6.07, 6.45) is 4.47. The molecule has 2 aliphatic rings. The van der Waals surface area contributed by atoms with Gasteiger partial charge in [0.15, 0.2) is 6.29 Å². The van der Waals surface area contributed by atoms with E-state index in [0.717, 1.165) is 19.4 Å². The Balaban J connectivity index is 1.92. The lowest BCUT2D eigenvalue weighted by molar-refractivity contribution is -0.107. The van der Waals surface area contributed by atoms with Crippen molar-refractivity contribution in [2.75, 3.05) is 38.3 Å². The van der Waals surface area contributed by atoms with E-state index in [9.17, 15) is 8.42 Å². The Hall–Kier alpha value is -0.170. The van der Waals surface area contributed by atoms with E-state index in [1.54, 1.807) is 0 Å². The molecule has 17 heavy (non-hydrogen) atoms. The third-order valence-corrected chi connectivity index (χ3v) is 4.30. The Morgan fingerprint density at radius 2 is 1.94 bits per heavy atom. The fourth-order valence-corrected chi connectivity index (χ4v) is 3.05. The van der Waals surface area contributed by atoms with Crippen LogP contribution in [-0.4, -0.2) is 64.0 Å². The second-order valence-electron chi connectivity index (χ2n) is 4.84. The first-order valence-electron chi connectivity index (χ1n) is 6.21. The molecule has 0 aromatic rings. The van der Waals surface area contributed by atoms with Gasteiger partial charge in [0.1, 0.15) is 9.84 Å². The van der Waals surface area contributed by atoms with E-state index in [1.807, 2.05) is 0 Å². The molecule has 100 valence electrons. The zero-order valence-corrected chi connectivity index (χ0v) is 11.1. The van der Waals surface area contributed by atoms with E-state index in [2.05, 4.69) is 4.90 Å². The molecule has 1 unspecified atom stereocenters. The van der Waals surface area contributed by atoms with E-state index in [-0.39, 0.29) is 18.1 Å². The van der Waals surface area contributed by atoms with Crippen LogP contribution in [0.3, 0.4) is 0 Å². The van der Waals surface area contributed by atoms with Crippen molar-refractivity contribution in [3.63, 3.8) is 0 Å². The summed E-state index contributed by atoms with van der Waals surface area (Å²) in [6.45, 7) is 2.85. The largest absolute Gasteiger partial charge is 0.349 e. The summed E-state index contributed by atoms with van der Waals surface area (Å²) in [5.74, 6) is 0.218. The van der Waals surface area contributed by atoms with E-state index >= 15 is 0 Å². The van der Waals surface area contributed by atoms with Gasteiger partial charge in [-0.15, -0.1) is 0 Å². The van der Waals surface area contributed by atoms with Gasteiger partial charge in [-0.3, -0.25) is 4.90 Å². The molecule has 0 aliphatic carbocycles. The number of piperidine rings is 1. The lowest BCUT2D eigenvalue weighted by Gasteiger charge is -2.37. The van der Waals surface area contributed by atoms with Crippen molar-refractivity contribution >= 4 is 9.84 Å². The molecule has 2 aliphatic heterocycles. The highest BCUT2D eigenvalue weighted by Gasteiger charge is 2.33. The van der Waals surface area contributed by atoms with Crippen LogP contribution in [0.5, 0.6) is 0 Å². The van der Waals surface area contributed by atoms with Crippen LogP contribution in [0.1, 0.15) is 19.3 Å². The van der Waals surface area contributed by atoms with Crippen LogP contribution < -0.4 is 0 Å². The third kappa shape index (κ3) is 3.91. The Labute approximate surface area is 103 Å². The molecule has 1 atom stereocenters. The summed E-state index contributed by atoms with van der Waals surface area (Å²) in [6, 6.07) is 0.230. The topological polar surface area (TPSA) is 55.8 Å². The van der Waals surface area contributed by atoms with Gasteiger partial charge in [-0.05, 0) is 19.4 Å². The highest BCUT2D eigenvalue weighted by Crippen LogP contribution is 2.24. The maximum atomic E-state index is 11.2. The summed E-state index contributed by atoms with van der Waals surface area (Å²) < 4.78 is 33.5. The normalized spacial score (nSPS) is 28.6. The first-order chi connectivity index (χ1) is 8.06. The van der Waals surface area contributed by atoms with Gasteiger partial charge in [-0.1, -0.05) is 6.42 Å². The minimum absolute atomic E-state index is 0.158. The van der Waals surface area contributed by atoms with Gasteiger partial charge in [0.05, 0.1) is 25.0 Å². The van der Waals surface area contributed by atoms with Crippen LogP contribution in [0.15, 0.2) is 0 Å². The van der Waals surface area contributed by atoms with Crippen LogP contribution in [-0.2, 0) is 19.3 Å². The van der Waals surface area contributed by atoms with Crippen molar-refractivity contribution in [2.24, 2.45) is 0 Å². The molecule has 2 heterocycles. The van der Waals surface area contributed by atoms with Crippen molar-refractivity contribution in [3.05, 3.63) is 0 Å². The number of likely N-dealkylation sites (tertiary alicyclic amines) is 1. The number of nitrogens with zero attached hydrogens (tertiary/aromatic N) is 1. The molecule has 2 rings (SSSR count). The van der Waals surface area contributed by atoms with Crippen molar-refractivity contribution in [2.45, 2.75) is 31.6 Å². The molecule has 2 saturated heterocycles. The lowest BCUT2D eigenvalue weighted by Crippen LogP contribution is -2.48. The Morgan fingerprint density at radius 1 is 1.24 bits per heavy atom. The van der Waals surface area contributed by atoms with Crippen molar-refractivity contribution in [3.8, 4) is 0 Å². The fraction of sp³-hybridized carbons (Fsp3) is 1.00. The third-order valence-electron chi connectivity index (χ3n) is 3.38. The van der Waals surface area contributed by atoms with Gasteiger partial charge >= 0.3 is 0 Å². The Morgan fingerprint density at radius 3 is 2.59 bits per heavy atom. The van der Waals surface area contributed by atoms with Crippen LogP contribution in [0.2, 0.25) is 0 Å². The lowest BCUT2D eigenvalue weighted by atomic mass is 10.0. The molecule has 0 aromatic heterocycles. The smallest absolute Gasteiger partial charge is 0.173 e. The van der Waals surface area contributed by atoms with Crippen molar-refractivity contribution < 1.29 is 17.9 Å². The maximum Gasteiger partial charge on any atom is 0.173 e. The summed E-state index contributed by atoms with van der Waals surface area (Å²) in [7, 11) is -2.89. The van der Waals surface area contributed by atoms with Crippen LogP contribution in [0, 0.1) is 0 Å². The number of sulfone groups is 1. The predicted octanol–water partition coefficient (Wildman–Crippen LogP) is 0.258. The SMILES string of the molecule is CS(=O)(=O)CCN1CCCCC1C1OCCO1. The molecule has 0 aromatic carbocycles. The first kappa shape index (κ1) is 13.3. The van der Waals surface area contributed by atoms with E-state index in [0.29, 0.717) is 19.8 Å². The molecule has 0 spiro atoms. The zero-order valence-electron chi connectivity index (χ0n) is 10.3. The van der Waals surface area contributed by atoms with Crippen LogP contribution in [0.25, 0.3) is 0 Å². The number of ether oxygens (including phenoxy) is 2. The number of rotatable bonds is 4. The molecule has 6 heteroatoms. The minimum Gasteiger partial charge on any atom is -0.349 e. The number of hydrogen-bond acceptors (Lipinski definition) is 5. The maximum absolute atomic E-state index is 11.2. The molecule has 0 saturated carbocycles. The standard InChI is InChI=1S/C11H21NO4S/c1-17(13,14)9-6-12-5-3-2-4-10(12)11-15-7-8-16-11/h10-11H,2-9H2,1H3. The highest BCUT2D eigenvalue weighted by molar-refractivity contribution is 7.90. The summed E-state index contributed by atoms with van der Waals surface area (Å²) >= 11 is 0. The molecule has 0 amide bonds. The van der Waals surface area contributed by atoms with Crippen molar-refractivity contribution in [1.82, 2.24) is 4.90 Å². The average Bonchev–Trinajstić information content (AvgIpc) is 2.79. The predicted molar refractivity (Wildman–Crippen MR) is 64.6 cm³/mol.